The quantitative estimate of drug-likeness (QED) is 0.504. The number of anilines is 1. The van der Waals surface area contributed by atoms with E-state index >= 15 is 0 Å². The zero-order valence-electron chi connectivity index (χ0n) is 10.6. The molecule has 0 saturated heterocycles. The molecule has 100 valence electrons. The third kappa shape index (κ3) is 4.62. The van der Waals surface area contributed by atoms with E-state index in [1.54, 1.807) is 13.2 Å². The summed E-state index contributed by atoms with van der Waals surface area (Å²) in [4.78, 5) is 11.7. The SMILES string of the molecule is CCOC(=O)C(C#N)=C(Nc1ccc(Br)cc1)SC. The summed E-state index contributed by atoms with van der Waals surface area (Å²) < 4.78 is 5.81. The molecule has 6 heteroatoms. The van der Waals surface area contributed by atoms with Crippen molar-refractivity contribution in [1.82, 2.24) is 0 Å². The Morgan fingerprint density at radius 1 is 1.47 bits per heavy atom. The predicted molar refractivity (Wildman–Crippen MR) is 80.6 cm³/mol. The van der Waals surface area contributed by atoms with Crippen molar-refractivity contribution in [3.05, 3.63) is 39.3 Å². The van der Waals surface area contributed by atoms with Crippen LogP contribution in [-0.2, 0) is 9.53 Å². The van der Waals surface area contributed by atoms with Crippen molar-refractivity contribution < 1.29 is 9.53 Å². The van der Waals surface area contributed by atoms with E-state index in [4.69, 9.17) is 10.00 Å². The molecule has 0 fully saturated rings. The molecule has 0 bridgehead atoms. The van der Waals surface area contributed by atoms with Gasteiger partial charge in [0.25, 0.3) is 0 Å². The minimum atomic E-state index is -0.612. The zero-order valence-corrected chi connectivity index (χ0v) is 13.0. The second kappa shape index (κ2) is 7.87. The van der Waals surface area contributed by atoms with Crippen LogP contribution < -0.4 is 5.32 Å². The van der Waals surface area contributed by atoms with E-state index in [9.17, 15) is 4.79 Å². The highest BCUT2D eigenvalue weighted by atomic mass is 79.9. The van der Waals surface area contributed by atoms with Crippen LogP contribution in [0.3, 0.4) is 0 Å². The summed E-state index contributed by atoms with van der Waals surface area (Å²) in [5.41, 5.74) is 0.780. The highest BCUT2D eigenvalue weighted by Gasteiger charge is 2.16. The van der Waals surface area contributed by atoms with E-state index in [1.807, 2.05) is 30.3 Å². The smallest absolute Gasteiger partial charge is 0.351 e. The average molecular weight is 341 g/mol. The van der Waals surface area contributed by atoms with Crippen LogP contribution in [0.15, 0.2) is 39.3 Å². The van der Waals surface area contributed by atoms with Crippen molar-refractivity contribution in [2.45, 2.75) is 6.92 Å². The van der Waals surface area contributed by atoms with E-state index in [0.717, 1.165) is 10.2 Å². The lowest BCUT2D eigenvalue weighted by molar-refractivity contribution is -0.138. The van der Waals surface area contributed by atoms with E-state index in [-0.39, 0.29) is 12.2 Å². The number of nitriles is 1. The molecule has 0 amide bonds. The van der Waals surface area contributed by atoms with Gasteiger partial charge in [0, 0.05) is 10.2 Å². The average Bonchev–Trinajstić information content (AvgIpc) is 2.41. The van der Waals surface area contributed by atoms with Gasteiger partial charge in [-0.05, 0) is 37.4 Å². The van der Waals surface area contributed by atoms with Crippen LogP contribution in [0.2, 0.25) is 0 Å². The van der Waals surface area contributed by atoms with Gasteiger partial charge < -0.3 is 10.1 Å². The highest BCUT2D eigenvalue weighted by molar-refractivity contribution is 9.10. The van der Waals surface area contributed by atoms with Crippen LogP contribution >= 0.6 is 27.7 Å². The molecule has 0 unspecified atom stereocenters. The molecule has 0 heterocycles. The molecule has 0 aliphatic heterocycles. The fraction of sp³-hybridized carbons (Fsp3) is 0.231. The Hall–Kier alpha value is -1.45. The Morgan fingerprint density at radius 3 is 2.58 bits per heavy atom. The molecule has 0 aliphatic carbocycles. The van der Waals surface area contributed by atoms with Crippen molar-refractivity contribution in [3.63, 3.8) is 0 Å². The number of nitrogens with one attached hydrogen (secondary N) is 1. The van der Waals surface area contributed by atoms with Crippen LogP contribution in [0, 0.1) is 11.3 Å². The maximum atomic E-state index is 11.7. The van der Waals surface area contributed by atoms with Crippen molar-refractivity contribution >= 4 is 39.3 Å². The Labute approximate surface area is 125 Å². The first-order valence-electron chi connectivity index (χ1n) is 5.50. The summed E-state index contributed by atoms with van der Waals surface area (Å²) in [5, 5.41) is 12.6. The van der Waals surface area contributed by atoms with Crippen molar-refractivity contribution in [2.24, 2.45) is 0 Å². The number of halogens is 1. The summed E-state index contributed by atoms with van der Waals surface area (Å²) in [7, 11) is 0. The fourth-order valence-electron chi connectivity index (χ4n) is 1.27. The van der Waals surface area contributed by atoms with Gasteiger partial charge in [0.2, 0.25) is 0 Å². The van der Waals surface area contributed by atoms with Gasteiger partial charge in [-0.15, -0.1) is 11.8 Å². The lowest BCUT2D eigenvalue weighted by Crippen LogP contribution is -2.11. The molecule has 0 aromatic heterocycles. The van der Waals surface area contributed by atoms with Crippen LogP contribution in [0.4, 0.5) is 5.69 Å². The monoisotopic (exact) mass is 340 g/mol. The zero-order chi connectivity index (χ0) is 14.3. The molecule has 0 saturated carbocycles. The van der Waals surface area contributed by atoms with Crippen molar-refractivity contribution in [3.8, 4) is 6.07 Å². The molecule has 0 atom stereocenters. The number of carbonyl (C=O) groups is 1. The van der Waals surface area contributed by atoms with Gasteiger partial charge in [-0.1, -0.05) is 15.9 Å². The Bertz CT molecular complexity index is 520. The maximum Gasteiger partial charge on any atom is 0.351 e. The summed E-state index contributed by atoms with van der Waals surface area (Å²) in [6, 6.07) is 9.32. The molecule has 1 aromatic carbocycles. The van der Waals surface area contributed by atoms with Gasteiger partial charge in [-0.25, -0.2) is 4.79 Å². The van der Waals surface area contributed by atoms with E-state index in [2.05, 4.69) is 21.2 Å². The largest absolute Gasteiger partial charge is 0.462 e. The van der Waals surface area contributed by atoms with Crippen LogP contribution in [0.1, 0.15) is 6.92 Å². The second-order valence-electron chi connectivity index (χ2n) is 3.37. The first-order chi connectivity index (χ1) is 9.12. The third-order valence-corrected chi connectivity index (χ3v) is 3.37. The lowest BCUT2D eigenvalue weighted by Gasteiger charge is -2.10. The van der Waals surface area contributed by atoms with Crippen molar-refractivity contribution in [2.75, 3.05) is 18.2 Å². The number of rotatable bonds is 5. The standard InChI is InChI=1S/C13H13BrN2O2S/c1-3-18-13(17)11(8-15)12(19-2)16-10-6-4-9(14)5-7-10/h4-7,16H,3H2,1-2H3. The maximum absolute atomic E-state index is 11.7. The summed E-state index contributed by atoms with van der Waals surface area (Å²) >= 11 is 4.63. The van der Waals surface area contributed by atoms with Gasteiger partial charge >= 0.3 is 5.97 Å². The van der Waals surface area contributed by atoms with Gasteiger partial charge in [0.05, 0.1) is 11.6 Å². The number of nitrogens with zero attached hydrogens (tertiary/aromatic N) is 1. The first-order valence-corrected chi connectivity index (χ1v) is 7.52. The normalized spacial score (nSPS) is 11.3. The van der Waals surface area contributed by atoms with E-state index in [0.29, 0.717) is 5.03 Å². The third-order valence-electron chi connectivity index (χ3n) is 2.12. The first kappa shape index (κ1) is 15.6. The minimum absolute atomic E-state index is 0.0164. The molecule has 0 spiro atoms. The number of esters is 1. The molecular weight excluding hydrogens is 328 g/mol. The number of hydrogen-bond donors (Lipinski definition) is 1. The molecular formula is C13H13BrN2O2S. The fourth-order valence-corrected chi connectivity index (χ4v) is 2.09. The Kier molecular flexibility index (Phi) is 6.46. The van der Waals surface area contributed by atoms with Gasteiger partial charge in [-0.2, -0.15) is 5.26 Å². The van der Waals surface area contributed by atoms with Crippen LogP contribution in [0.25, 0.3) is 0 Å². The molecule has 19 heavy (non-hydrogen) atoms. The lowest BCUT2D eigenvalue weighted by atomic mass is 10.3. The molecule has 0 radical (unpaired) electrons. The number of benzene rings is 1. The number of carbonyl (C=O) groups excluding carboxylic acids is 1. The van der Waals surface area contributed by atoms with E-state index in [1.165, 1.54) is 11.8 Å². The summed E-state index contributed by atoms with van der Waals surface area (Å²) in [6.45, 7) is 1.94. The highest BCUT2D eigenvalue weighted by Crippen LogP contribution is 2.22. The van der Waals surface area contributed by atoms with Crippen LogP contribution in [0.5, 0.6) is 0 Å². The topological polar surface area (TPSA) is 62.1 Å². The molecule has 1 aromatic rings. The second-order valence-corrected chi connectivity index (χ2v) is 5.10. The molecule has 4 nitrogen and oxygen atoms in total. The Balaban J connectivity index is 3.00. The number of thioether (sulfide) groups is 1. The van der Waals surface area contributed by atoms with Gasteiger partial charge in [-0.3, -0.25) is 0 Å². The molecule has 1 N–H and O–H groups in total. The Morgan fingerprint density at radius 2 is 2.11 bits per heavy atom. The summed E-state index contributed by atoms with van der Waals surface area (Å²) in [5.74, 6) is -0.612. The predicted octanol–water partition coefficient (Wildman–Crippen LogP) is 3.52. The van der Waals surface area contributed by atoms with Crippen LogP contribution in [-0.4, -0.2) is 18.8 Å². The summed E-state index contributed by atoms with van der Waals surface area (Å²) in [6.07, 6.45) is 1.79. The molecule has 1 rings (SSSR count). The van der Waals surface area contributed by atoms with Gasteiger partial charge in [0.1, 0.15) is 6.07 Å². The minimum Gasteiger partial charge on any atom is -0.462 e. The van der Waals surface area contributed by atoms with E-state index < -0.39 is 5.97 Å². The number of ether oxygens (including phenoxy) is 1. The number of hydrogen-bond acceptors (Lipinski definition) is 5. The van der Waals surface area contributed by atoms with Crippen molar-refractivity contribution in [1.29, 1.82) is 5.26 Å². The van der Waals surface area contributed by atoms with Gasteiger partial charge in [0.15, 0.2) is 5.57 Å². The molecule has 0 aliphatic rings.